The van der Waals surface area contributed by atoms with Crippen LogP contribution < -0.4 is 10.3 Å². The van der Waals surface area contributed by atoms with Crippen LogP contribution in [0.15, 0.2) is 32.5 Å². The van der Waals surface area contributed by atoms with Crippen LogP contribution in [-0.2, 0) is 4.74 Å². The van der Waals surface area contributed by atoms with E-state index in [4.69, 9.17) is 4.74 Å². The number of H-pyrrole nitrogens is 1. The number of aromatic nitrogens is 1. The molecule has 2 atom stereocenters. The predicted molar refractivity (Wildman–Crippen MR) is 114 cm³/mol. The molecule has 2 heterocycles. The van der Waals surface area contributed by atoms with Crippen LogP contribution in [0.3, 0.4) is 0 Å². The minimum absolute atomic E-state index is 0.0197. The van der Waals surface area contributed by atoms with Crippen LogP contribution in [0.25, 0.3) is 0 Å². The predicted octanol–water partition coefficient (Wildman–Crippen LogP) is 3.00. The van der Waals surface area contributed by atoms with Crippen molar-refractivity contribution in [2.75, 3.05) is 38.8 Å². The first-order valence-corrected chi connectivity index (χ1v) is 9.62. The van der Waals surface area contributed by atoms with Gasteiger partial charge in [-0.3, -0.25) is 14.8 Å². The molecule has 1 aliphatic rings. The van der Waals surface area contributed by atoms with E-state index < -0.39 is 0 Å². The van der Waals surface area contributed by atoms with Gasteiger partial charge in [0.05, 0.1) is 30.7 Å². The molecule has 0 bridgehead atoms. The maximum absolute atomic E-state index is 12.7. The van der Waals surface area contributed by atoms with Crippen molar-refractivity contribution in [3.63, 3.8) is 0 Å². The first-order chi connectivity index (χ1) is 12.9. The number of hydrogen-bond donors (Lipinski definition) is 1. The first kappa shape index (κ1) is 21.1. The van der Waals surface area contributed by atoms with E-state index in [0.29, 0.717) is 24.7 Å². The Morgan fingerprint density at radius 1 is 1.48 bits per heavy atom. The molecule has 0 aromatic carbocycles. The fourth-order valence-electron chi connectivity index (χ4n) is 3.33. The number of rotatable bonds is 6. The van der Waals surface area contributed by atoms with E-state index in [1.165, 1.54) is 0 Å². The van der Waals surface area contributed by atoms with Gasteiger partial charge in [-0.1, -0.05) is 13.8 Å². The van der Waals surface area contributed by atoms with Gasteiger partial charge in [0.15, 0.2) is 5.43 Å². The normalized spacial score (nSPS) is 20.4. The Kier molecular flexibility index (Phi) is 7.54. The number of hydrogen-bond acceptors (Lipinski definition) is 5. The molecule has 0 spiro atoms. The minimum Gasteiger partial charge on any atom is -0.377 e. The van der Waals surface area contributed by atoms with Crippen LogP contribution in [0, 0.1) is 12.8 Å². The number of nitrogens with one attached hydrogen (secondary N) is 1. The molecular weight excluding hydrogens is 340 g/mol. The largest absolute Gasteiger partial charge is 0.377 e. The molecule has 6 heteroatoms. The van der Waals surface area contributed by atoms with Gasteiger partial charge in [0.25, 0.3) is 0 Å². The molecule has 2 rings (SSSR count). The summed E-state index contributed by atoms with van der Waals surface area (Å²) in [4.78, 5) is 27.1. The molecule has 0 aliphatic carbocycles. The smallest absolute Gasteiger partial charge is 0.187 e. The Balaban J connectivity index is 2.59. The second-order valence-electron chi connectivity index (χ2n) is 7.05. The molecule has 1 aliphatic heterocycles. The molecule has 0 amide bonds. The van der Waals surface area contributed by atoms with Crippen molar-refractivity contribution >= 4 is 17.7 Å². The summed E-state index contributed by atoms with van der Waals surface area (Å²) in [6, 6.07) is 1.90. The third kappa shape index (κ3) is 4.75. The molecule has 27 heavy (non-hydrogen) atoms. The van der Waals surface area contributed by atoms with E-state index in [1.807, 2.05) is 13.0 Å². The van der Waals surface area contributed by atoms with E-state index in [9.17, 15) is 4.79 Å². The Bertz CT molecular complexity index is 792. The van der Waals surface area contributed by atoms with E-state index >= 15 is 0 Å². The monoisotopic (exact) mass is 372 g/mol. The highest BCUT2D eigenvalue weighted by Crippen LogP contribution is 2.23. The van der Waals surface area contributed by atoms with Crippen molar-refractivity contribution in [1.82, 2.24) is 4.98 Å². The van der Waals surface area contributed by atoms with E-state index in [2.05, 4.69) is 40.6 Å². The van der Waals surface area contributed by atoms with Crippen LogP contribution in [0.5, 0.6) is 0 Å². The van der Waals surface area contributed by atoms with Gasteiger partial charge in [-0.15, -0.1) is 0 Å². The van der Waals surface area contributed by atoms with Gasteiger partial charge in [-0.25, -0.2) is 0 Å². The average molecular weight is 373 g/mol. The molecule has 1 saturated heterocycles. The summed E-state index contributed by atoms with van der Waals surface area (Å²) in [5, 5.41) is 0. The van der Waals surface area contributed by atoms with E-state index in [0.717, 1.165) is 35.8 Å². The van der Waals surface area contributed by atoms with Gasteiger partial charge < -0.3 is 14.6 Å². The summed E-state index contributed by atoms with van der Waals surface area (Å²) in [5.41, 5.74) is 3.39. The number of morpholine rings is 1. The summed E-state index contributed by atoms with van der Waals surface area (Å²) in [6.07, 6.45) is 4.76. The Morgan fingerprint density at radius 3 is 2.81 bits per heavy atom. The molecule has 1 fully saturated rings. The van der Waals surface area contributed by atoms with Crippen molar-refractivity contribution in [3.05, 3.63) is 39.2 Å². The second kappa shape index (κ2) is 9.65. The molecule has 148 valence electrons. The zero-order valence-electron chi connectivity index (χ0n) is 17.4. The number of nitrogens with zero attached hydrogens (tertiary/aromatic N) is 3. The van der Waals surface area contributed by atoms with Crippen molar-refractivity contribution in [2.24, 2.45) is 15.9 Å². The lowest BCUT2D eigenvalue weighted by atomic mass is 9.91. The maximum atomic E-state index is 12.7. The van der Waals surface area contributed by atoms with Crippen LogP contribution in [0.1, 0.15) is 38.4 Å². The lowest BCUT2D eigenvalue weighted by Crippen LogP contribution is -2.44. The van der Waals surface area contributed by atoms with Crippen molar-refractivity contribution in [2.45, 2.75) is 40.2 Å². The summed E-state index contributed by atoms with van der Waals surface area (Å²) in [5.74, 6) is 1.13. The lowest BCUT2D eigenvalue weighted by Gasteiger charge is -2.35. The third-order valence-electron chi connectivity index (χ3n) is 5.22. The van der Waals surface area contributed by atoms with Crippen molar-refractivity contribution in [3.8, 4) is 0 Å². The lowest BCUT2D eigenvalue weighted by molar-refractivity contribution is 0.0985. The van der Waals surface area contributed by atoms with Crippen molar-refractivity contribution < 1.29 is 4.74 Å². The van der Waals surface area contributed by atoms with E-state index in [-0.39, 0.29) is 11.5 Å². The highest BCUT2D eigenvalue weighted by Gasteiger charge is 2.23. The van der Waals surface area contributed by atoms with Gasteiger partial charge >= 0.3 is 0 Å². The van der Waals surface area contributed by atoms with Crippen LogP contribution >= 0.6 is 0 Å². The second-order valence-corrected chi connectivity index (χ2v) is 7.05. The maximum Gasteiger partial charge on any atom is 0.187 e. The van der Waals surface area contributed by atoms with Gasteiger partial charge in [0, 0.05) is 38.5 Å². The quantitative estimate of drug-likeness (QED) is 0.781. The number of allylic oxidation sites excluding steroid dienone is 2. The summed E-state index contributed by atoms with van der Waals surface area (Å²) in [6.45, 7) is 10.4. The van der Waals surface area contributed by atoms with Crippen LogP contribution in [0.2, 0.25) is 0 Å². The van der Waals surface area contributed by atoms with Gasteiger partial charge in [-0.2, -0.15) is 0 Å². The molecule has 1 unspecified atom stereocenters. The van der Waals surface area contributed by atoms with Crippen LogP contribution in [0.4, 0.5) is 5.82 Å². The number of aliphatic imine (C=N–C) groups is 2. The SMILES string of the molecule is CCC(C)/C(=C\C=NC)C(=NC)c1[nH]c(N2CCOC[C@H]2C)cc(=O)c1C. The molecule has 0 radical (unpaired) electrons. The third-order valence-corrected chi connectivity index (χ3v) is 5.22. The minimum atomic E-state index is 0.0197. The average Bonchev–Trinajstić information content (AvgIpc) is 2.67. The Morgan fingerprint density at radius 2 is 2.22 bits per heavy atom. The molecule has 1 aromatic heterocycles. The highest BCUT2D eigenvalue weighted by molar-refractivity contribution is 6.14. The van der Waals surface area contributed by atoms with Crippen LogP contribution in [-0.4, -0.2) is 56.8 Å². The Labute approximate surface area is 162 Å². The van der Waals surface area contributed by atoms with Gasteiger partial charge in [0.2, 0.25) is 0 Å². The highest BCUT2D eigenvalue weighted by atomic mass is 16.5. The molecule has 1 N–H and O–H groups in total. The standard InChI is InChI=1S/C21H32N4O2/c1-7-14(2)17(8-9-22-5)21(23-6)20-16(4)18(26)12-19(24-20)25-10-11-27-13-15(25)3/h8-9,12,14-15H,7,10-11,13H2,1-6H3,(H,24,26)/b17-8+,22-9?,23-21?/t14?,15-/m1/s1. The van der Waals surface area contributed by atoms with Gasteiger partial charge in [0.1, 0.15) is 5.82 Å². The number of pyridine rings is 1. The number of ether oxygens (including phenoxy) is 1. The zero-order valence-corrected chi connectivity index (χ0v) is 17.4. The summed E-state index contributed by atoms with van der Waals surface area (Å²) in [7, 11) is 3.53. The molecule has 1 aromatic rings. The molecule has 6 nitrogen and oxygen atoms in total. The fraction of sp³-hybridized carbons (Fsp3) is 0.571. The topological polar surface area (TPSA) is 70.1 Å². The van der Waals surface area contributed by atoms with Crippen molar-refractivity contribution in [1.29, 1.82) is 0 Å². The van der Waals surface area contributed by atoms with Gasteiger partial charge in [-0.05, 0) is 37.8 Å². The zero-order chi connectivity index (χ0) is 20.0. The van der Waals surface area contributed by atoms with E-state index in [1.54, 1.807) is 26.4 Å². The molecule has 0 saturated carbocycles. The summed E-state index contributed by atoms with van der Waals surface area (Å²) >= 11 is 0. The number of aromatic amines is 1. The summed E-state index contributed by atoms with van der Waals surface area (Å²) < 4.78 is 5.53. The first-order valence-electron chi connectivity index (χ1n) is 9.62. The number of anilines is 1. The fourth-order valence-corrected chi connectivity index (χ4v) is 3.33. The molecular formula is C21H32N4O2. The Hall–Kier alpha value is -2.21.